The molecule has 8 heteroatoms. The van der Waals surface area contributed by atoms with Gasteiger partial charge in [-0.25, -0.2) is 13.2 Å². The third kappa shape index (κ3) is 4.38. The van der Waals surface area contributed by atoms with Crippen LogP contribution in [0, 0.1) is 6.92 Å². The number of hydrogen-bond acceptors (Lipinski definition) is 6. The molecule has 0 aliphatic carbocycles. The van der Waals surface area contributed by atoms with Crippen LogP contribution >= 0.6 is 0 Å². The normalized spacial score (nSPS) is 15.0. The SMILES string of the molecule is COc1cccc(OC)c1OC(=O)c1ccc(C)c(S(=O)(=O)N2CCCCC2)c1. The molecule has 0 atom stereocenters. The molecule has 3 rings (SSSR count). The number of aryl methyl sites for hydroxylation is 1. The van der Waals surface area contributed by atoms with Gasteiger partial charge in [0.05, 0.1) is 24.7 Å². The molecule has 7 nitrogen and oxygen atoms in total. The first-order valence-corrected chi connectivity index (χ1v) is 10.9. The van der Waals surface area contributed by atoms with Gasteiger partial charge in [-0.2, -0.15) is 4.31 Å². The number of rotatable bonds is 6. The molecule has 1 aliphatic heterocycles. The van der Waals surface area contributed by atoms with E-state index in [1.54, 1.807) is 37.3 Å². The molecule has 29 heavy (non-hydrogen) atoms. The van der Waals surface area contributed by atoms with Crippen molar-refractivity contribution in [3.8, 4) is 17.2 Å². The Morgan fingerprint density at radius 1 is 0.966 bits per heavy atom. The predicted molar refractivity (Wildman–Crippen MR) is 108 cm³/mol. The molecule has 1 heterocycles. The van der Waals surface area contributed by atoms with Crippen molar-refractivity contribution in [1.29, 1.82) is 0 Å². The average molecular weight is 419 g/mol. The van der Waals surface area contributed by atoms with Crippen LogP contribution < -0.4 is 14.2 Å². The fourth-order valence-corrected chi connectivity index (χ4v) is 5.09. The minimum atomic E-state index is -3.67. The highest BCUT2D eigenvalue weighted by Crippen LogP contribution is 2.37. The number of sulfonamides is 1. The van der Waals surface area contributed by atoms with Gasteiger partial charge >= 0.3 is 5.97 Å². The summed E-state index contributed by atoms with van der Waals surface area (Å²) in [5, 5.41) is 0. The van der Waals surface area contributed by atoms with Crippen molar-refractivity contribution in [3.05, 3.63) is 47.5 Å². The van der Waals surface area contributed by atoms with E-state index >= 15 is 0 Å². The lowest BCUT2D eigenvalue weighted by Crippen LogP contribution is -2.36. The monoisotopic (exact) mass is 419 g/mol. The molecule has 2 aromatic rings. The maximum Gasteiger partial charge on any atom is 0.343 e. The van der Waals surface area contributed by atoms with Crippen molar-refractivity contribution in [2.75, 3.05) is 27.3 Å². The third-order valence-electron chi connectivity index (χ3n) is 4.93. The van der Waals surface area contributed by atoms with Crippen LogP contribution in [0.2, 0.25) is 0 Å². The molecule has 0 spiro atoms. The second-order valence-corrected chi connectivity index (χ2v) is 8.73. The van der Waals surface area contributed by atoms with E-state index in [1.807, 2.05) is 0 Å². The van der Waals surface area contributed by atoms with Gasteiger partial charge in [-0.05, 0) is 49.6 Å². The standard InChI is InChI=1S/C21H25NO6S/c1-15-10-11-16(14-19(15)29(24,25)22-12-5-4-6-13-22)21(23)28-20-17(26-2)8-7-9-18(20)27-3/h7-11,14H,4-6,12-13H2,1-3H3. The number of para-hydroxylation sites is 1. The minimum Gasteiger partial charge on any atom is -0.493 e. The highest BCUT2D eigenvalue weighted by Gasteiger charge is 2.28. The van der Waals surface area contributed by atoms with Crippen molar-refractivity contribution in [3.63, 3.8) is 0 Å². The molecule has 0 aromatic heterocycles. The number of ether oxygens (including phenoxy) is 3. The summed E-state index contributed by atoms with van der Waals surface area (Å²) in [6.45, 7) is 2.71. The Balaban J connectivity index is 1.93. The van der Waals surface area contributed by atoms with Gasteiger partial charge in [0.2, 0.25) is 15.8 Å². The zero-order valence-corrected chi connectivity index (χ0v) is 17.6. The molecule has 0 bridgehead atoms. The molecular weight excluding hydrogens is 394 g/mol. The van der Waals surface area contributed by atoms with Crippen molar-refractivity contribution in [1.82, 2.24) is 4.31 Å². The third-order valence-corrected chi connectivity index (χ3v) is 6.97. The Morgan fingerprint density at radius 3 is 2.17 bits per heavy atom. The van der Waals surface area contributed by atoms with Gasteiger partial charge in [-0.3, -0.25) is 0 Å². The summed E-state index contributed by atoms with van der Waals surface area (Å²) < 4.78 is 43.6. The van der Waals surface area contributed by atoms with Crippen LogP contribution in [0.5, 0.6) is 17.2 Å². The molecule has 0 N–H and O–H groups in total. The molecular formula is C21H25NO6S. The van der Waals surface area contributed by atoms with Gasteiger partial charge in [0.15, 0.2) is 11.5 Å². The van der Waals surface area contributed by atoms with E-state index in [2.05, 4.69) is 0 Å². The van der Waals surface area contributed by atoms with E-state index in [-0.39, 0.29) is 16.2 Å². The van der Waals surface area contributed by atoms with E-state index in [4.69, 9.17) is 14.2 Å². The van der Waals surface area contributed by atoms with Crippen molar-refractivity contribution in [2.24, 2.45) is 0 Å². The smallest absolute Gasteiger partial charge is 0.343 e. The number of nitrogens with zero attached hydrogens (tertiary/aromatic N) is 1. The first kappa shape index (κ1) is 21.1. The summed E-state index contributed by atoms with van der Waals surface area (Å²) in [5.74, 6) is 0.128. The average Bonchev–Trinajstić information content (AvgIpc) is 2.74. The van der Waals surface area contributed by atoms with Gasteiger partial charge in [0, 0.05) is 13.1 Å². The molecule has 1 fully saturated rings. The minimum absolute atomic E-state index is 0.126. The lowest BCUT2D eigenvalue weighted by molar-refractivity contribution is 0.0724. The Morgan fingerprint density at radius 2 is 1.59 bits per heavy atom. The summed E-state index contributed by atoms with van der Waals surface area (Å²) in [7, 11) is -0.752. The molecule has 1 saturated heterocycles. The van der Waals surface area contributed by atoms with Crippen LogP contribution in [0.3, 0.4) is 0 Å². The number of esters is 1. The summed E-state index contributed by atoms with van der Waals surface area (Å²) in [6, 6.07) is 9.55. The van der Waals surface area contributed by atoms with Crippen LogP contribution in [-0.2, 0) is 10.0 Å². The van der Waals surface area contributed by atoms with Gasteiger partial charge < -0.3 is 14.2 Å². The number of piperidine rings is 1. The molecule has 0 unspecified atom stereocenters. The highest BCUT2D eigenvalue weighted by atomic mass is 32.2. The number of carbonyl (C=O) groups excluding carboxylic acids is 1. The van der Waals surface area contributed by atoms with E-state index in [0.717, 1.165) is 19.3 Å². The maximum atomic E-state index is 13.1. The Labute approximate surface area is 171 Å². The van der Waals surface area contributed by atoms with Gasteiger partial charge in [-0.15, -0.1) is 0 Å². The van der Waals surface area contributed by atoms with E-state index in [0.29, 0.717) is 30.2 Å². The molecule has 0 radical (unpaired) electrons. The van der Waals surface area contributed by atoms with Crippen LogP contribution in [0.25, 0.3) is 0 Å². The van der Waals surface area contributed by atoms with Crippen LogP contribution in [0.1, 0.15) is 35.2 Å². The summed E-state index contributed by atoms with van der Waals surface area (Å²) >= 11 is 0. The summed E-state index contributed by atoms with van der Waals surface area (Å²) in [5.41, 5.74) is 0.723. The second-order valence-electron chi connectivity index (χ2n) is 6.83. The Kier molecular flexibility index (Phi) is 6.44. The van der Waals surface area contributed by atoms with Crippen molar-refractivity contribution < 1.29 is 27.4 Å². The summed E-state index contributed by atoms with van der Waals surface area (Å²) in [6.07, 6.45) is 2.71. The number of carbonyl (C=O) groups is 1. The summed E-state index contributed by atoms with van der Waals surface area (Å²) in [4.78, 5) is 12.9. The molecule has 2 aromatic carbocycles. The van der Waals surface area contributed by atoms with Crippen LogP contribution in [-0.4, -0.2) is 46.0 Å². The molecule has 0 amide bonds. The second kappa shape index (κ2) is 8.84. The largest absolute Gasteiger partial charge is 0.493 e. The lowest BCUT2D eigenvalue weighted by atomic mass is 10.1. The first-order valence-electron chi connectivity index (χ1n) is 9.42. The quantitative estimate of drug-likeness (QED) is 0.527. The van der Waals surface area contributed by atoms with E-state index in [9.17, 15) is 13.2 Å². The first-order chi connectivity index (χ1) is 13.9. The Bertz CT molecular complexity index is 974. The number of benzene rings is 2. The Hall–Kier alpha value is -2.58. The van der Waals surface area contributed by atoms with Gasteiger partial charge in [0.1, 0.15) is 0 Å². The zero-order chi connectivity index (χ0) is 21.0. The maximum absolute atomic E-state index is 13.1. The lowest BCUT2D eigenvalue weighted by Gasteiger charge is -2.26. The molecule has 0 saturated carbocycles. The number of hydrogen-bond donors (Lipinski definition) is 0. The van der Waals surface area contributed by atoms with E-state index < -0.39 is 16.0 Å². The topological polar surface area (TPSA) is 82.1 Å². The predicted octanol–water partition coefficient (Wildman–Crippen LogP) is 3.41. The molecule has 156 valence electrons. The zero-order valence-electron chi connectivity index (χ0n) is 16.8. The van der Waals surface area contributed by atoms with Crippen molar-refractivity contribution in [2.45, 2.75) is 31.1 Å². The fraction of sp³-hybridized carbons (Fsp3) is 0.381. The van der Waals surface area contributed by atoms with E-state index in [1.165, 1.54) is 24.6 Å². The van der Waals surface area contributed by atoms with Gasteiger partial charge in [0.25, 0.3) is 0 Å². The number of methoxy groups -OCH3 is 2. The fourth-order valence-electron chi connectivity index (χ4n) is 3.32. The molecule has 1 aliphatic rings. The van der Waals surface area contributed by atoms with Crippen LogP contribution in [0.4, 0.5) is 0 Å². The highest BCUT2D eigenvalue weighted by molar-refractivity contribution is 7.89. The van der Waals surface area contributed by atoms with Crippen molar-refractivity contribution >= 4 is 16.0 Å². The van der Waals surface area contributed by atoms with Gasteiger partial charge in [-0.1, -0.05) is 18.6 Å². The van der Waals surface area contributed by atoms with Crippen LogP contribution in [0.15, 0.2) is 41.3 Å².